The zero-order valence-corrected chi connectivity index (χ0v) is 13.4. The lowest BCUT2D eigenvalue weighted by molar-refractivity contribution is -0.119. The fourth-order valence-electron chi connectivity index (χ4n) is 2.72. The molecular weight excluding hydrogens is 310 g/mol. The van der Waals surface area contributed by atoms with Crippen molar-refractivity contribution in [2.24, 2.45) is 5.73 Å². The summed E-state index contributed by atoms with van der Waals surface area (Å²) in [7, 11) is 0. The van der Waals surface area contributed by atoms with E-state index in [1.165, 1.54) is 6.33 Å². The van der Waals surface area contributed by atoms with Crippen molar-refractivity contribution in [1.82, 2.24) is 19.7 Å². The summed E-state index contributed by atoms with van der Waals surface area (Å²) in [5, 5.41) is 4.12. The minimum absolute atomic E-state index is 0.0924. The summed E-state index contributed by atoms with van der Waals surface area (Å²) in [6.07, 6.45) is 3.31. The van der Waals surface area contributed by atoms with Gasteiger partial charge in [-0.15, -0.1) is 0 Å². The van der Waals surface area contributed by atoms with Gasteiger partial charge in [-0.25, -0.2) is 4.98 Å². The molecule has 3 rings (SSSR count). The van der Waals surface area contributed by atoms with E-state index in [4.69, 9.17) is 15.2 Å². The molecule has 0 aliphatic carbocycles. The van der Waals surface area contributed by atoms with Gasteiger partial charge in [0.1, 0.15) is 18.4 Å². The second-order valence-corrected chi connectivity index (χ2v) is 5.75. The molecule has 0 saturated carbocycles. The van der Waals surface area contributed by atoms with Crippen LogP contribution in [0.3, 0.4) is 0 Å². The molecule has 0 spiro atoms. The number of rotatable bonds is 7. The first kappa shape index (κ1) is 16.4. The van der Waals surface area contributed by atoms with Crippen LogP contribution in [0.4, 0.5) is 0 Å². The molecule has 128 valence electrons. The third kappa shape index (κ3) is 4.77. The number of primary amides is 1. The molecule has 1 atom stereocenters. The highest BCUT2D eigenvalue weighted by molar-refractivity contribution is 5.75. The van der Waals surface area contributed by atoms with Crippen LogP contribution >= 0.6 is 0 Å². The highest BCUT2D eigenvalue weighted by atomic mass is 16.5. The number of nitrogens with zero attached hydrogens (tertiary/aromatic N) is 4. The van der Waals surface area contributed by atoms with Gasteiger partial charge in [-0.05, 0) is 17.7 Å². The van der Waals surface area contributed by atoms with Crippen LogP contribution < -0.4 is 10.5 Å². The lowest BCUT2D eigenvalue weighted by atomic mass is 10.1. The van der Waals surface area contributed by atoms with E-state index in [0.717, 1.165) is 25.2 Å². The van der Waals surface area contributed by atoms with Gasteiger partial charge >= 0.3 is 0 Å². The minimum atomic E-state index is -0.482. The third-order valence-corrected chi connectivity index (χ3v) is 3.77. The maximum atomic E-state index is 10.8. The van der Waals surface area contributed by atoms with E-state index in [0.29, 0.717) is 18.9 Å². The predicted molar refractivity (Wildman–Crippen MR) is 86.2 cm³/mol. The van der Waals surface area contributed by atoms with E-state index < -0.39 is 5.91 Å². The first-order valence-corrected chi connectivity index (χ1v) is 7.85. The number of hydrogen-bond donors (Lipinski definition) is 1. The number of amides is 1. The Morgan fingerprint density at radius 2 is 2.38 bits per heavy atom. The van der Waals surface area contributed by atoms with Crippen molar-refractivity contribution in [3.63, 3.8) is 0 Å². The summed E-state index contributed by atoms with van der Waals surface area (Å²) >= 11 is 0. The quantitative estimate of drug-likeness (QED) is 0.770. The van der Waals surface area contributed by atoms with Crippen LogP contribution in [0.5, 0.6) is 5.75 Å². The molecule has 2 N–H and O–H groups in total. The number of hydrogen-bond acceptors (Lipinski definition) is 6. The Morgan fingerprint density at radius 3 is 3.17 bits per heavy atom. The summed E-state index contributed by atoms with van der Waals surface area (Å²) in [5.74, 6) is 0.170. The molecule has 2 aromatic rings. The van der Waals surface area contributed by atoms with Crippen LogP contribution in [0.2, 0.25) is 0 Å². The average Bonchev–Trinajstić information content (AvgIpc) is 3.07. The number of benzene rings is 1. The van der Waals surface area contributed by atoms with Gasteiger partial charge in [-0.3, -0.25) is 14.4 Å². The molecule has 0 radical (unpaired) electrons. The van der Waals surface area contributed by atoms with Crippen molar-refractivity contribution in [3.05, 3.63) is 42.5 Å². The van der Waals surface area contributed by atoms with Crippen molar-refractivity contribution in [2.75, 3.05) is 26.3 Å². The van der Waals surface area contributed by atoms with Crippen LogP contribution in [0.1, 0.15) is 5.56 Å². The number of nitrogens with two attached hydrogens (primary N) is 1. The molecule has 1 aromatic carbocycles. The van der Waals surface area contributed by atoms with E-state index in [1.807, 2.05) is 24.3 Å². The van der Waals surface area contributed by atoms with Crippen molar-refractivity contribution in [2.45, 2.75) is 19.2 Å². The third-order valence-electron chi connectivity index (χ3n) is 3.77. The Balaban J connectivity index is 1.55. The fraction of sp³-hybridized carbons (Fsp3) is 0.438. The van der Waals surface area contributed by atoms with Crippen LogP contribution in [0, 0.1) is 0 Å². The highest BCUT2D eigenvalue weighted by Gasteiger charge is 2.21. The standard InChI is InChI=1S/C16H21N5O3/c17-16(22)10-24-14-3-1-2-13(6-14)7-20-4-5-23-15(8-20)9-21-12-18-11-19-21/h1-3,6,11-12,15H,4-5,7-10H2,(H2,17,22)/t15-/m1/s1. The van der Waals surface area contributed by atoms with Gasteiger partial charge in [0.15, 0.2) is 6.61 Å². The van der Waals surface area contributed by atoms with Crippen LogP contribution in [-0.2, 0) is 22.6 Å². The van der Waals surface area contributed by atoms with E-state index in [9.17, 15) is 4.79 Å². The first-order chi connectivity index (χ1) is 11.7. The van der Waals surface area contributed by atoms with Crippen LogP contribution in [0.25, 0.3) is 0 Å². The number of carbonyl (C=O) groups excluding carboxylic acids is 1. The largest absolute Gasteiger partial charge is 0.484 e. The zero-order valence-electron chi connectivity index (χ0n) is 13.4. The molecular formula is C16H21N5O3. The molecule has 1 aliphatic heterocycles. The smallest absolute Gasteiger partial charge is 0.255 e. The van der Waals surface area contributed by atoms with Gasteiger partial charge in [0.2, 0.25) is 0 Å². The van der Waals surface area contributed by atoms with Gasteiger partial charge < -0.3 is 15.2 Å². The molecule has 1 aliphatic rings. The summed E-state index contributed by atoms with van der Waals surface area (Å²) in [6.45, 7) is 3.77. The molecule has 2 heterocycles. The highest BCUT2D eigenvalue weighted by Crippen LogP contribution is 2.17. The van der Waals surface area contributed by atoms with E-state index >= 15 is 0 Å². The van der Waals surface area contributed by atoms with Crippen molar-refractivity contribution in [3.8, 4) is 5.75 Å². The monoisotopic (exact) mass is 331 g/mol. The molecule has 8 nitrogen and oxygen atoms in total. The van der Waals surface area contributed by atoms with Gasteiger partial charge in [0.25, 0.3) is 5.91 Å². The summed E-state index contributed by atoms with van der Waals surface area (Å²) in [5.41, 5.74) is 6.22. The summed E-state index contributed by atoms with van der Waals surface area (Å²) < 4.78 is 12.9. The summed E-state index contributed by atoms with van der Waals surface area (Å²) in [6, 6.07) is 7.71. The van der Waals surface area contributed by atoms with Gasteiger partial charge in [0, 0.05) is 19.6 Å². The SMILES string of the molecule is NC(=O)COc1cccc(CN2CCO[C@@H](Cn3cncn3)C2)c1. The Bertz CT molecular complexity index is 661. The van der Waals surface area contributed by atoms with Crippen molar-refractivity contribution >= 4 is 5.91 Å². The first-order valence-electron chi connectivity index (χ1n) is 7.85. The maximum absolute atomic E-state index is 10.8. The second kappa shape index (κ2) is 7.89. The van der Waals surface area contributed by atoms with Gasteiger partial charge in [-0.2, -0.15) is 5.10 Å². The van der Waals surface area contributed by atoms with Crippen molar-refractivity contribution < 1.29 is 14.3 Å². The Hall–Kier alpha value is -2.45. The van der Waals surface area contributed by atoms with Gasteiger partial charge in [-0.1, -0.05) is 12.1 Å². The maximum Gasteiger partial charge on any atom is 0.255 e. The topological polar surface area (TPSA) is 95.5 Å². The lowest BCUT2D eigenvalue weighted by Crippen LogP contribution is -2.43. The van der Waals surface area contributed by atoms with Crippen LogP contribution in [0.15, 0.2) is 36.9 Å². The molecule has 0 bridgehead atoms. The Kier molecular flexibility index (Phi) is 5.39. The molecule has 1 amide bonds. The average molecular weight is 331 g/mol. The fourth-order valence-corrected chi connectivity index (χ4v) is 2.72. The second-order valence-electron chi connectivity index (χ2n) is 5.75. The molecule has 1 aromatic heterocycles. The van der Waals surface area contributed by atoms with Gasteiger partial charge in [0.05, 0.1) is 19.3 Å². The van der Waals surface area contributed by atoms with Crippen LogP contribution in [-0.4, -0.2) is 58.0 Å². The predicted octanol–water partition coefficient (Wildman–Crippen LogP) is 0.0432. The summed E-state index contributed by atoms with van der Waals surface area (Å²) in [4.78, 5) is 17.1. The van der Waals surface area contributed by atoms with E-state index in [1.54, 1.807) is 11.0 Å². The zero-order chi connectivity index (χ0) is 16.8. The normalized spacial score (nSPS) is 18.4. The number of ether oxygens (including phenoxy) is 2. The molecule has 0 unspecified atom stereocenters. The van der Waals surface area contributed by atoms with Crippen molar-refractivity contribution in [1.29, 1.82) is 0 Å². The molecule has 8 heteroatoms. The lowest BCUT2D eigenvalue weighted by Gasteiger charge is -2.32. The molecule has 1 saturated heterocycles. The number of aromatic nitrogens is 3. The van der Waals surface area contributed by atoms with E-state index in [-0.39, 0.29) is 12.7 Å². The molecule has 24 heavy (non-hydrogen) atoms. The molecule has 1 fully saturated rings. The number of morpholine rings is 1. The Labute approximate surface area is 140 Å². The number of carbonyl (C=O) groups is 1. The van der Waals surface area contributed by atoms with E-state index in [2.05, 4.69) is 15.0 Å². The Morgan fingerprint density at radius 1 is 1.46 bits per heavy atom. The minimum Gasteiger partial charge on any atom is -0.484 e.